The summed E-state index contributed by atoms with van der Waals surface area (Å²) in [5.41, 5.74) is -0.977. The first-order chi connectivity index (χ1) is 9.50. The van der Waals surface area contributed by atoms with Crippen molar-refractivity contribution >= 4 is 11.9 Å². The van der Waals surface area contributed by atoms with Gasteiger partial charge in [0.15, 0.2) is 0 Å². The van der Waals surface area contributed by atoms with Crippen LogP contribution in [-0.2, 0) is 14.3 Å². The van der Waals surface area contributed by atoms with Crippen LogP contribution in [0.25, 0.3) is 0 Å². The molecule has 0 aromatic heterocycles. The number of nitrogens with zero attached hydrogens (tertiary/aromatic N) is 1. The average molecular weight is 284 g/mol. The number of hydrogen-bond acceptors (Lipinski definition) is 5. The minimum Gasteiger partial charge on any atom is -0.464 e. The van der Waals surface area contributed by atoms with E-state index < -0.39 is 28.4 Å². The van der Waals surface area contributed by atoms with Gasteiger partial charge in [-0.1, -0.05) is 19.3 Å². The Kier molecular flexibility index (Phi) is 4.25. The molecule has 0 bridgehead atoms. The van der Waals surface area contributed by atoms with E-state index in [1.54, 1.807) is 6.92 Å². The van der Waals surface area contributed by atoms with Gasteiger partial charge < -0.3 is 10.1 Å². The van der Waals surface area contributed by atoms with Crippen LogP contribution in [0.1, 0.15) is 45.4 Å². The monoisotopic (exact) mass is 284 g/mol. The van der Waals surface area contributed by atoms with Crippen LogP contribution in [0.15, 0.2) is 0 Å². The van der Waals surface area contributed by atoms with E-state index in [-0.39, 0.29) is 18.9 Å². The number of amides is 1. The molecule has 0 aromatic rings. The Balaban J connectivity index is 2.03. The third-order valence-electron chi connectivity index (χ3n) is 4.10. The zero-order chi connectivity index (χ0) is 14.8. The molecule has 2 fully saturated rings. The van der Waals surface area contributed by atoms with Crippen LogP contribution < -0.4 is 5.32 Å². The van der Waals surface area contributed by atoms with Gasteiger partial charge in [-0.2, -0.15) is 0 Å². The molecule has 112 valence electrons. The summed E-state index contributed by atoms with van der Waals surface area (Å²) < 4.78 is 5.07. The van der Waals surface area contributed by atoms with Gasteiger partial charge in [0.2, 0.25) is 11.9 Å². The third kappa shape index (κ3) is 2.91. The number of carbonyl (C=O) groups is 2. The maximum atomic E-state index is 12.1. The lowest BCUT2D eigenvalue weighted by Gasteiger charge is -2.35. The van der Waals surface area contributed by atoms with Crippen LogP contribution in [0.2, 0.25) is 0 Å². The number of carbonyl (C=O) groups excluding carboxylic acids is 2. The molecule has 7 heteroatoms. The fourth-order valence-electron chi connectivity index (χ4n) is 2.83. The Hall–Kier alpha value is -1.66. The Morgan fingerprint density at radius 2 is 2.00 bits per heavy atom. The van der Waals surface area contributed by atoms with Crippen molar-refractivity contribution in [2.75, 3.05) is 6.61 Å². The zero-order valence-electron chi connectivity index (χ0n) is 11.6. The van der Waals surface area contributed by atoms with Crippen molar-refractivity contribution in [2.45, 2.75) is 57.0 Å². The highest BCUT2D eigenvalue weighted by molar-refractivity contribution is 5.90. The molecule has 0 aliphatic heterocycles. The molecule has 20 heavy (non-hydrogen) atoms. The molecular formula is C13H20N2O5. The van der Waals surface area contributed by atoms with Gasteiger partial charge >= 0.3 is 5.97 Å². The molecule has 0 spiro atoms. The highest BCUT2D eigenvalue weighted by Gasteiger charge is 2.55. The molecule has 1 amide bonds. The van der Waals surface area contributed by atoms with Crippen molar-refractivity contribution in [1.29, 1.82) is 0 Å². The van der Waals surface area contributed by atoms with Crippen molar-refractivity contribution in [3.05, 3.63) is 10.1 Å². The first-order valence-electron chi connectivity index (χ1n) is 7.13. The number of esters is 1. The van der Waals surface area contributed by atoms with Gasteiger partial charge in [0.05, 0.1) is 6.61 Å². The zero-order valence-corrected chi connectivity index (χ0v) is 11.6. The van der Waals surface area contributed by atoms with E-state index in [1.807, 2.05) is 0 Å². The number of ether oxygens (including phenoxy) is 1. The molecular weight excluding hydrogens is 264 g/mol. The van der Waals surface area contributed by atoms with Crippen LogP contribution >= 0.6 is 0 Å². The summed E-state index contributed by atoms with van der Waals surface area (Å²) >= 11 is 0. The smallest absolute Gasteiger partial charge is 0.331 e. The number of nitrogens with one attached hydrogen (secondary N) is 1. The van der Waals surface area contributed by atoms with E-state index in [0.29, 0.717) is 12.8 Å². The van der Waals surface area contributed by atoms with Crippen molar-refractivity contribution < 1.29 is 19.2 Å². The van der Waals surface area contributed by atoms with Gasteiger partial charge in [0.25, 0.3) is 0 Å². The van der Waals surface area contributed by atoms with Crippen LogP contribution in [0.4, 0.5) is 0 Å². The topological polar surface area (TPSA) is 98.5 Å². The normalized spacial score (nSPS) is 27.4. The standard InChI is InChI=1S/C13H20N2O5/c1-2-20-12(17)13(6-4-3-5-7-13)14-11(16)9-8-10(9)15(18)19/h9-10H,2-8H2,1H3,(H,14,16)/t9-,10-/m1/s1. The summed E-state index contributed by atoms with van der Waals surface area (Å²) in [4.78, 5) is 34.4. The molecule has 2 aliphatic rings. The summed E-state index contributed by atoms with van der Waals surface area (Å²) in [5, 5.41) is 13.4. The summed E-state index contributed by atoms with van der Waals surface area (Å²) in [6, 6.07) is -0.794. The first kappa shape index (κ1) is 14.7. The highest BCUT2D eigenvalue weighted by atomic mass is 16.6. The molecule has 2 saturated carbocycles. The molecule has 2 aliphatic carbocycles. The third-order valence-corrected chi connectivity index (χ3v) is 4.10. The molecule has 0 radical (unpaired) electrons. The Morgan fingerprint density at radius 1 is 1.35 bits per heavy atom. The summed E-state index contributed by atoms with van der Waals surface area (Å²) in [6.45, 7) is 1.98. The summed E-state index contributed by atoms with van der Waals surface area (Å²) in [5.74, 6) is -1.40. The quantitative estimate of drug-likeness (QED) is 0.462. The number of nitro groups is 1. The van der Waals surface area contributed by atoms with Crippen LogP contribution in [-0.4, -0.2) is 35.0 Å². The van der Waals surface area contributed by atoms with Crippen LogP contribution in [0.3, 0.4) is 0 Å². The van der Waals surface area contributed by atoms with Crippen molar-refractivity contribution in [1.82, 2.24) is 5.32 Å². The van der Waals surface area contributed by atoms with Crippen LogP contribution in [0, 0.1) is 16.0 Å². The van der Waals surface area contributed by atoms with Crippen LogP contribution in [0.5, 0.6) is 0 Å². The predicted octanol–water partition coefficient (Wildman–Crippen LogP) is 1.03. The van der Waals surface area contributed by atoms with E-state index in [4.69, 9.17) is 4.74 Å². The Bertz CT molecular complexity index is 417. The summed E-state index contributed by atoms with van der Waals surface area (Å²) in [7, 11) is 0. The second-order valence-corrected chi connectivity index (χ2v) is 5.55. The van der Waals surface area contributed by atoms with E-state index in [0.717, 1.165) is 19.3 Å². The predicted molar refractivity (Wildman–Crippen MR) is 69.5 cm³/mol. The van der Waals surface area contributed by atoms with E-state index >= 15 is 0 Å². The fraction of sp³-hybridized carbons (Fsp3) is 0.846. The molecule has 0 heterocycles. The Morgan fingerprint density at radius 3 is 2.50 bits per heavy atom. The average Bonchev–Trinajstić information content (AvgIpc) is 3.20. The molecule has 0 unspecified atom stereocenters. The molecule has 2 atom stereocenters. The lowest BCUT2D eigenvalue weighted by Crippen LogP contribution is -2.57. The molecule has 0 saturated heterocycles. The lowest BCUT2D eigenvalue weighted by atomic mass is 9.81. The fourth-order valence-corrected chi connectivity index (χ4v) is 2.83. The second kappa shape index (κ2) is 5.76. The molecule has 7 nitrogen and oxygen atoms in total. The SMILES string of the molecule is CCOC(=O)C1(NC(=O)[C@@H]2C[C@H]2[N+](=O)[O-])CCCCC1. The van der Waals surface area contributed by atoms with Crippen molar-refractivity contribution in [3.8, 4) is 0 Å². The molecule has 0 aromatic carbocycles. The maximum absolute atomic E-state index is 12.1. The first-order valence-corrected chi connectivity index (χ1v) is 7.13. The van der Waals surface area contributed by atoms with Gasteiger partial charge in [0.1, 0.15) is 11.5 Å². The number of rotatable bonds is 5. The molecule has 1 N–H and O–H groups in total. The van der Waals surface area contributed by atoms with E-state index in [1.165, 1.54) is 0 Å². The lowest BCUT2D eigenvalue weighted by molar-refractivity contribution is -0.497. The van der Waals surface area contributed by atoms with Crippen molar-refractivity contribution in [3.63, 3.8) is 0 Å². The summed E-state index contributed by atoms with van der Waals surface area (Å²) in [6.07, 6.45) is 4.08. The second-order valence-electron chi connectivity index (χ2n) is 5.55. The van der Waals surface area contributed by atoms with Gasteiger partial charge in [-0.3, -0.25) is 14.9 Å². The minimum atomic E-state index is -0.977. The van der Waals surface area contributed by atoms with Gasteiger partial charge in [-0.15, -0.1) is 0 Å². The van der Waals surface area contributed by atoms with Gasteiger partial charge in [0, 0.05) is 11.3 Å². The number of hydrogen-bond donors (Lipinski definition) is 1. The Labute approximate surface area is 117 Å². The largest absolute Gasteiger partial charge is 0.464 e. The molecule has 2 rings (SSSR count). The van der Waals surface area contributed by atoms with E-state index in [9.17, 15) is 19.7 Å². The van der Waals surface area contributed by atoms with Crippen molar-refractivity contribution in [2.24, 2.45) is 5.92 Å². The van der Waals surface area contributed by atoms with Gasteiger partial charge in [-0.05, 0) is 19.8 Å². The van der Waals surface area contributed by atoms with E-state index in [2.05, 4.69) is 5.32 Å². The maximum Gasteiger partial charge on any atom is 0.331 e. The highest BCUT2D eigenvalue weighted by Crippen LogP contribution is 2.36. The van der Waals surface area contributed by atoms with Gasteiger partial charge in [-0.25, -0.2) is 4.79 Å². The minimum absolute atomic E-state index is 0.261.